The third kappa shape index (κ3) is 4.28. The minimum Gasteiger partial charge on any atom is -0.456 e. The van der Waals surface area contributed by atoms with Crippen molar-refractivity contribution in [2.45, 2.75) is 26.0 Å². The van der Waals surface area contributed by atoms with Gasteiger partial charge in [0.15, 0.2) is 0 Å². The van der Waals surface area contributed by atoms with Crippen LogP contribution in [0, 0.1) is 0 Å². The van der Waals surface area contributed by atoms with Crippen molar-refractivity contribution < 1.29 is 14.3 Å². The normalized spacial score (nSPS) is 13.7. The number of amides is 1. The summed E-state index contributed by atoms with van der Waals surface area (Å²) in [7, 11) is 0. The van der Waals surface area contributed by atoms with E-state index in [1.807, 2.05) is 52.7 Å². The topological polar surface area (TPSA) is 59.5 Å². The number of thiazole rings is 1. The summed E-state index contributed by atoms with van der Waals surface area (Å²) >= 11 is 1.53. The molecule has 0 bridgehead atoms. The Morgan fingerprint density at radius 3 is 2.61 bits per heavy atom. The van der Waals surface area contributed by atoms with Gasteiger partial charge in [-0.2, -0.15) is 0 Å². The highest BCUT2D eigenvalue weighted by Crippen LogP contribution is 2.23. The molecule has 1 aromatic heterocycles. The number of carbonyl (C=O) groups is 2. The van der Waals surface area contributed by atoms with Crippen molar-refractivity contribution >= 4 is 23.2 Å². The minimum absolute atomic E-state index is 0.145. The molecule has 28 heavy (non-hydrogen) atoms. The Morgan fingerprint density at radius 2 is 1.89 bits per heavy atom. The molecule has 1 fully saturated rings. The summed E-state index contributed by atoms with van der Waals surface area (Å²) in [5.74, 6) is -0.181. The van der Waals surface area contributed by atoms with Crippen LogP contribution in [0.4, 0.5) is 0 Å². The average molecular weight is 392 g/mol. The van der Waals surface area contributed by atoms with Gasteiger partial charge in [-0.1, -0.05) is 42.5 Å². The summed E-state index contributed by atoms with van der Waals surface area (Å²) in [5.41, 5.74) is 3.30. The quantitative estimate of drug-likeness (QED) is 0.587. The van der Waals surface area contributed by atoms with E-state index < -0.39 is 0 Å². The molecule has 4 rings (SSSR count). The van der Waals surface area contributed by atoms with Gasteiger partial charge in [-0.25, -0.2) is 9.78 Å². The Balaban J connectivity index is 1.32. The molecule has 0 saturated carbocycles. The lowest BCUT2D eigenvalue weighted by Gasteiger charge is -2.15. The monoisotopic (exact) mass is 392 g/mol. The Kier molecular flexibility index (Phi) is 5.48. The molecule has 3 aromatic rings. The maximum absolute atomic E-state index is 12.3. The van der Waals surface area contributed by atoms with E-state index in [0.717, 1.165) is 34.8 Å². The smallest absolute Gasteiger partial charge is 0.338 e. The van der Waals surface area contributed by atoms with Crippen molar-refractivity contribution in [2.75, 3.05) is 6.54 Å². The summed E-state index contributed by atoms with van der Waals surface area (Å²) in [4.78, 5) is 30.4. The Labute approximate surface area is 167 Å². The van der Waals surface area contributed by atoms with Crippen LogP contribution in [0.1, 0.15) is 34.5 Å². The molecule has 2 heterocycles. The van der Waals surface area contributed by atoms with E-state index >= 15 is 0 Å². The van der Waals surface area contributed by atoms with Gasteiger partial charge in [-0.15, -0.1) is 11.3 Å². The van der Waals surface area contributed by atoms with Gasteiger partial charge in [0.2, 0.25) is 5.91 Å². The van der Waals surface area contributed by atoms with Crippen molar-refractivity contribution in [2.24, 2.45) is 0 Å². The predicted molar refractivity (Wildman–Crippen MR) is 108 cm³/mol. The molecule has 0 atom stereocenters. The molecule has 0 aliphatic carbocycles. The van der Waals surface area contributed by atoms with Crippen molar-refractivity contribution in [1.29, 1.82) is 0 Å². The first-order chi connectivity index (χ1) is 13.7. The molecule has 1 aliphatic heterocycles. The van der Waals surface area contributed by atoms with E-state index in [-0.39, 0.29) is 18.5 Å². The zero-order valence-corrected chi connectivity index (χ0v) is 16.2. The van der Waals surface area contributed by atoms with Gasteiger partial charge in [0.1, 0.15) is 11.6 Å². The van der Waals surface area contributed by atoms with Crippen LogP contribution < -0.4 is 0 Å². The minimum atomic E-state index is -0.377. The fourth-order valence-electron chi connectivity index (χ4n) is 3.15. The molecule has 1 aliphatic rings. The van der Waals surface area contributed by atoms with Crippen LogP contribution in [0.3, 0.4) is 0 Å². The summed E-state index contributed by atoms with van der Waals surface area (Å²) in [5, 5.41) is 2.82. The van der Waals surface area contributed by atoms with Gasteiger partial charge in [0.05, 0.1) is 11.3 Å². The molecule has 1 amide bonds. The van der Waals surface area contributed by atoms with E-state index in [1.54, 1.807) is 12.1 Å². The first kappa shape index (κ1) is 18.4. The number of likely N-dealkylation sites (tertiary alicyclic amines) is 1. The van der Waals surface area contributed by atoms with E-state index in [4.69, 9.17) is 4.74 Å². The number of aromatic nitrogens is 1. The fraction of sp³-hybridized carbons (Fsp3) is 0.227. The Hall–Kier alpha value is -2.99. The van der Waals surface area contributed by atoms with Crippen LogP contribution in [-0.4, -0.2) is 28.3 Å². The second-order valence-electron chi connectivity index (χ2n) is 6.70. The van der Waals surface area contributed by atoms with Gasteiger partial charge < -0.3 is 9.64 Å². The standard InChI is InChI=1S/C22H20N2O3S/c25-20-7-4-12-24(20)13-16-8-10-18(11-9-16)22(26)27-14-19-15-28-21(23-19)17-5-2-1-3-6-17/h1-3,5-6,8-11,15H,4,7,12-14H2. The first-order valence-corrected chi connectivity index (χ1v) is 10.1. The number of benzene rings is 2. The molecule has 1 saturated heterocycles. The third-order valence-electron chi connectivity index (χ3n) is 4.66. The predicted octanol–water partition coefficient (Wildman–Crippen LogP) is 4.29. The highest BCUT2D eigenvalue weighted by atomic mass is 32.1. The molecule has 0 spiro atoms. The number of ether oxygens (including phenoxy) is 1. The maximum Gasteiger partial charge on any atom is 0.338 e. The van der Waals surface area contributed by atoms with Crippen LogP contribution in [0.2, 0.25) is 0 Å². The van der Waals surface area contributed by atoms with Crippen molar-refractivity contribution in [3.05, 3.63) is 76.8 Å². The number of esters is 1. The van der Waals surface area contributed by atoms with Crippen molar-refractivity contribution in [1.82, 2.24) is 9.88 Å². The molecule has 142 valence electrons. The summed E-state index contributed by atoms with van der Waals surface area (Å²) < 4.78 is 5.39. The van der Waals surface area contributed by atoms with Gasteiger partial charge >= 0.3 is 5.97 Å². The second-order valence-corrected chi connectivity index (χ2v) is 7.56. The van der Waals surface area contributed by atoms with Crippen molar-refractivity contribution in [3.63, 3.8) is 0 Å². The zero-order chi connectivity index (χ0) is 19.3. The highest BCUT2D eigenvalue weighted by molar-refractivity contribution is 7.13. The molecule has 0 N–H and O–H groups in total. The highest BCUT2D eigenvalue weighted by Gasteiger charge is 2.20. The van der Waals surface area contributed by atoms with E-state index in [2.05, 4.69) is 4.98 Å². The number of nitrogens with zero attached hydrogens (tertiary/aromatic N) is 2. The Morgan fingerprint density at radius 1 is 1.11 bits per heavy atom. The van der Waals surface area contributed by atoms with Crippen molar-refractivity contribution in [3.8, 4) is 10.6 Å². The number of carbonyl (C=O) groups excluding carboxylic acids is 2. The maximum atomic E-state index is 12.3. The van der Waals surface area contributed by atoms with Crippen LogP contribution in [-0.2, 0) is 22.7 Å². The van der Waals surface area contributed by atoms with Gasteiger partial charge in [0, 0.05) is 30.5 Å². The zero-order valence-electron chi connectivity index (χ0n) is 15.3. The number of hydrogen-bond acceptors (Lipinski definition) is 5. The van der Waals surface area contributed by atoms with Crippen LogP contribution in [0.15, 0.2) is 60.0 Å². The molecule has 2 aromatic carbocycles. The van der Waals surface area contributed by atoms with Gasteiger partial charge in [-0.3, -0.25) is 4.79 Å². The number of hydrogen-bond donors (Lipinski definition) is 0. The Bertz CT molecular complexity index is 967. The second kappa shape index (κ2) is 8.35. The lowest BCUT2D eigenvalue weighted by molar-refractivity contribution is -0.128. The molecule has 0 radical (unpaired) electrons. The fourth-order valence-corrected chi connectivity index (χ4v) is 3.96. The van der Waals surface area contributed by atoms with Gasteiger partial charge in [-0.05, 0) is 24.1 Å². The molecular formula is C22H20N2O3S. The molecular weight excluding hydrogens is 372 g/mol. The van der Waals surface area contributed by atoms with Crippen LogP contribution in [0.25, 0.3) is 10.6 Å². The SMILES string of the molecule is O=C(OCc1csc(-c2ccccc2)n1)c1ccc(CN2CCCC2=O)cc1. The summed E-state index contributed by atoms with van der Waals surface area (Å²) in [6.07, 6.45) is 1.55. The molecule has 0 unspecified atom stereocenters. The molecule has 6 heteroatoms. The van der Waals surface area contributed by atoms with E-state index in [1.165, 1.54) is 11.3 Å². The largest absolute Gasteiger partial charge is 0.456 e. The first-order valence-electron chi connectivity index (χ1n) is 9.23. The van der Waals surface area contributed by atoms with E-state index in [9.17, 15) is 9.59 Å². The van der Waals surface area contributed by atoms with Gasteiger partial charge in [0.25, 0.3) is 0 Å². The summed E-state index contributed by atoms with van der Waals surface area (Å²) in [6.45, 7) is 1.54. The third-order valence-corrected chi connectivity index (χ3v) is 5.60. The van der Waals surface area contributed by atoms with Crippen LogP contribution in [0.5, 0.6) is 0 Å². The average Bonchev–Trinajstić information content (AvgIpc) is 3.37. The number of rotatable bonds is 6. The molecule has 5 nitrogen and oxygen atoms in total. The van der Waals surface area contributed by atoms with E-state index in [0.29, 0.717) is 18.5 Å². The van der Waals surface area contributed by atoms with Crippen LogP contribution >= 0.6 is 11.3 Å². The lowest BCUT2D eigenvalue weighted by Crippen LogP contribution is -2.23. The summed E-state index contributed by atoms with van der Waals surface area (Å²) in [6, 6.07) is 17.2. The lowest BCUT2D eigenvalue weighted by atomic mass is 10.1.